The molecule has 0 amide bonds. The first kappa shape index (κ1) is 15.3. The van der Waals surface area contributed by atoms with Crippen molar-refractivity contribution in [1.82, 2.24) is 9.97 Å². The van der Waals surface area contributed by atoms with Crippen molar-refractivity contribution in [3.8, 4) is 0 Å². The quantitative estimate of drug-likeness (QED) is 0.648. The summed E-state index contributed by atoms with van der Waals surface area (Å²) in [5.41, 5.74) is 5.24. The second-order valence-corrected chi connectivity index (χ2v) is 5.72. The van der Waals surface area contributed by atoms with Crippen LogP contribution in [0.3, 0.4) is 0 Å². The Morgan fingerprint density at radius 2 is 2.00 bits per heavy atom. The molecule has 4 heteroatoms. The van der Waals surface area contributed by atoms with E-state index >= 15 is 0 Å². The zero-order valence-electron chi connectivity index (χ0n) is 13.4. The number of halogens is 1. The first-order valence-electron chi connectivity index (χ1n) is 7.67. The van der Waals surface area contributed by atoms with Crippen molar-refractivity contribution >= 4 is 16.6 Å². The molecule has 0 aliphatic rings. The van der Waals surface area contributed by atoms with Gasteiger partial charge in [0.2, 0.25) is 0 Å². The van der Waals surface area contributed by atoms with Crippen LogP contribution < -0.4 is 5.32 Å². The zero-order chi connectivity index (χ0) is 16.4. The van der Waals surface area contributed by atoms with Crippen LogP contribution in [0.4, 0.5) is 10.1 Å². The van der Waals surface area contributed by atoms with Crippen molar-refractivity contribution in [1.29, 1.82) is 0 Å². The number of rotatable bonds is 5. The molecule has 2 heterocycles. The number of fused-ring (bicyclic) bond motifs is 1. The lowest BCUT2D eigenvalue weighted by Gasteiger charge is -2.19. The van der Waals surface area contributed by atoms with Gasteiger partial charge in [-0.15, -0.1) is 6.58 Å². The number of pyridine rings is 1. The molecule has 1 unspecified atom stereocenters. The van der Waals surface area contributed by atoms with Gasteiger partial charge in [-0.3, -0.25) is 4.98 Å². The van der Waals surface area contributed by atoms with Crippen LogP contribution in [-0.4, -0.2) is 9.97 Å². The summed E-state index contributed by atoms with van der Waals surface area (Å²) in [6.45, 7) is 8.02. The number of nitrogens with zero attached hydrogens (tertiary/aromatic N) is 1. The van der Waals surface area contributed by atoms with Crippen LogP contribution in [0.1, 0.15) is 29.4 Å². The molecular formula is C19H20FN3. The van der Waals surface area contributed by atoms with E-state index in [2.05, 4.69) is 35.7 Å². The Kier molecular flexibility index (Phi) is 4.15. The number of H-pyrrole nitrogens is 1. The number of aromatic nitrogens is 2. The topological polar surface area (TPSA) is 40.7 Å². The average molecular weight is 309 g/mol. The number of benzene rings is 1. The maximum Gasteiger partial charge on any atom is 0.123 e. The summed E-state index contributed by atoms with van der Waals surface area (Å²) in [5, 5.41) is 4.61. The molecule has 0 bridgehead atoms. The minimum absolute atomic E-state index is 0.0286. The van der Waals surface area contributed by atoms with Crippen molar-refractivity contribution in [2.45, 2.75) is 26.3 Å². The molecule has 1 atom stereocenters. The Labute approximate surface area is 135 Å². The summed E-state index contributed by atoms with van der Waals surface area (Å²) >= 11 is 0. The van der Waals surface area contributed by atoms with E-state index in [1.54, 1.807) is 12.1 Å². The molecule has 0 saturated carbocycles. The number of hydrogen-bond donors (Lipinski definition) is 2. The predicted molar refractivity (Wildman–Crippen MR) is 93.1 cm³/mol. The third-order valence-corrected chi connectivity index (χ3v) is 4.18. The largest absolute Gasteiger partial charge is 0.376 e. The molecule has 118 valence electrons. The Morgan fingerprint density at radius 3 is 2.70 bits per heavy atom. The van der Waals surface area contributed by atoms with Gasteiger partial charge < -0.3 is 10.3 Å². The lowest BCUT2D eigenvalue weighted by atomic mass is 10.1. The van der Waals surface area contributed by atoms with Gasteiger partial charge in [0, 0.05) is 23.0 Å². The van der Waals surface area contributed by atoms with Crippen molar-refractivity contribution in [2.24, 2.45) is 0 Å². The van der Waals surface area contributed by atoms with E-state index in [-0.39, 0.29) is 11.9 Å². The Hall–Kier alpha value is -2.62. The van der Waals surface area contributed by atoms with Crippen LogP contribution in [-0.2, 0) is 0 Å². The molecule has 3 aromatic rings. The Bertz CT molecular complexity index is 834. The van der Waals surface area contributed by atoms with E-state index in [4.69, 9.17) is 0 Å². The van der Waals surface area contributed by atoms with Crippen LogP contribution in [0.15, 0.2) is 49.2 Å². The van der Waals surface area contributed by atoms with E-state index in [0.717, 1.165) is 29.0 Å². The van der Waals surface area contributed by atoms with Gasteiger partial charge in [0.15, 0.2) is 0 Å². The Morgan fingerprint density at radius 1 is 1.26 bits per heavy atom. The van der Waals surface area contributed by atoms with Crippen molar-refractivity contribution in [3.05, 3.63) is 72.0 Å². The molecule has 0 spiro atoms. The lowest BCUT2D eigenvalue weighted by Crippen LogP contribution is -2.12. The Balaban J connectivity index is 2.02. The highest BCUT2D eigenvalue weighted by Crippen LogP contribution is 2.30. The lowest BCUT2D eigenvalue weighted by molar-refractivity contribution is 0.627. The number of nitrogens with one attached hydrogen (secondary N) is 2. The van der Waals surface area contributed by atoms with Crippen molar-refractivity contribution < 1.29 is 4.39 Å². The third-order valence-electron chi connectivity index (χ3n) is 4.18. The van der Waals surface area contributed by atoms with Crippen molar-refractivity contribution in [2.75, 3.05) is 5.32 Å². The molecule has 0 aliphatic heterocycles. The number of aromatic amines is 1. The van der Waals surface area contributed by atoms with Gasteiger partial charge in [-0.1, -0.05) is 6.08 Å². The molecule has 0 fully saturated rings. The summed E-state index contributed by atoms with van der Waals surface area (Å²) < 4.78 is 13.1. The number of anilines is 1. The van der Waals surface area contributed by atoms with E-state index in [1.807, 2.05) is 18.3 Å². The monoisotopic (exact) mass is 309 g/mol. The van der Waals surface area contributed by atoms with Crippen LogP contribution in [0.5, 0.6) is 0 Å². The van der Waals surface area contributed by atoms with Gasteiger partial charge in [-0.2, -0.15) is 0 Å². The van der Waals surface area contributed by atoms with E-state index in [0.29, 0.717) is 0 Å². The maximum absolute atomic E-state index is 13.1. The van der Waals surface area contributed by atoms with Crippen molar-refractivity contribution in [3.63, 3.8) is 0 Å². The highest BCUT2D eigenvalue weighted by atomic mass is 19.1. The highest BCUT2D eigenvalue weighted by molar-refractivity contribution is 5.86. The van der Waals surface area contributed by atoms with E-state index < -0.39 is 0 Å². The number of aryl methyl sites for hydroxylation is 2. The van der Waals surface area contributed by atoms with Gasteiger partial charge in [-0.25, -0.2) is 4.39 Å². The summed E-state index contributed by atoms with van der Waals surface area (Å²) in [7, 11) is 0. The molecule has 0 saturated heterocycles. The summed E-state index contributed by atoms with van der Waals surface area (Å²) in [6.07, 6.45) is 4.42. The molecule has 23 heavy (non-hydrogen) atoms. The summed E-state index contributed by atoms with van der Waals surface area (Å²) in [6, 6.07) is 8.36. The van der Waals surface area contributed by atoms with Crippen LogP contribution in [0, 0.1) is 19.7 Å². The predicted octanol–water partition coefficient (Wildman–Crippen LogP) is 5.05. The fourth-order valence-corrected chi connectivity index (χ4v) is 2.82. The van der Waals surface area contributed by atoms with Gasteiger partial charge in [0.1, 0.15) is 5.82 Å². The minimum Gasteiger partial charge on any atom is -0.376 e. The summed E-state index contributed by atoms with van der Waals surface area (Å²) in [4.78, 5) is 8.01. The van der Waals surface area contributed by atoms with Crippen LogP contribution in [0.25, 0.3) is 10.9 Å². The maximum atomic E-state index is 13.1. The minimum atomic E-state index is -0.244. The molecule has 0 aliphatic carbocycles. The van der Waals surface area contributed by atoms with Gasteiger partial charge >= 0.3 is 0 Å². The van der Waals surface area contributed by atoms with Gasteiger partial charge in [0.05, 0.1) is 17.3 Å². The smallest absolute Gasteiger partial charge is 0.123 e. The molecule has 1 aromatic carbocycles. The molecule has 3 nitrogen and oxygen atoms in total. The molecule has 3 rings (SSSR count). The first-order chi connectivity index (χ1) is 11.1. The van der Waals surface area contributed by atoms with E-state index in [9.17, 15) is 4.39 Å². The van der Waals surface area contributed by atoms with Gasteiger partial charge in [0.25, 0.3) is 0 Å². The second-order valence-electron chi connectivity index (χ2n) is 5.72. The van der Waals surface area contributed by atoms with E-state index in [1.165, 1.54) is 23.1 Å². The third kappa shape index (κ3) is 2.97. The highest BCUT2D eigenvalue weighted by Gasteiger charge is 2.17. The standard InChI is InChI=1S/C19H20FN3/c1-4-5-17(23-15-8-6-14(20)7-9-15)19-18-16(10-11-21-19)12(2)13(3)22-18/h4,6-11,17,22-23H,1,5H2,2-3H3. The van der Waals surface area contributed by atoms with Gasteiger partial charge in [-0.05, 0) is 56.2 Å². The number of hydrogen-bond acceptors (Lipinski definition) is 2. The van der Waals surface area contributed by atoms with Crippen LogP contribution >= 0.6 is 0 Å². The molecule has 2 aromatic heterocycles. The molecule has 0 radical (unpaired) electrons. The molecule has 2 N–H and O–H groups in total. The fourth-order valence-electron chi connectivity index (χ4n) is 2.82. The first-order valence-corrected chi connectivity index (χ1v) is 7.67. The van der Waals surface area contributed by atoms with Crippen LogP contribution in [0.2, 0.25) is 0 Å². The SMILES string of the molecule is C=CCC(Nc1ccc(F)cc1)c1nccc2c(C)c(C)[nH]c12. The molecular weight excluding hydrogens is 289 g/mol. The summed E-state index contributed by atoms with van der Waals surface area (Å²) in [5.74, 6) is -0.244. The zero-order valence-corrected chi connectivity index (χ0v) is 13.4. The normalized spacial score (nSPS) is 12.3. The average Bonchev–Trinajstić information content (AvgIpc) is 2.84. The second kappa shape index (κ2) is 6.24. The fraction of sp³-hybridized carbons (Fsp3) is 0.211.